The van der Waals surface area contributed by atoms with Crippen molar-refractivity contribution >= 4 is 40.4 Å². The van der Waals surface area contributed by atoms with Gasteiger partial charge in [0.1, 0.15) is 11.1 Å². The highest BCUT2D eigenvalue weighted by Crippen LogP contribution is 2.31. The summed E-state index contributed by atoms with van der Waals surface area (Å²) < 4.78 is 0. The van der Waals surface area contributed by atoms with Crippen LogP contribution in [0.15, 0.2) is 29.3 Å². The van der Waals surface area contributed by atoms with Crippen molar-refractivity contribution in [1.82, 2.24) is 20.2 Å². The lowest BCUT2D eigenvalue weighted by Crippen LogP contribution is -2.42. The molecule has 7 nitrogen and oxygen atoms in total. The quantitative estimate of drug-likeness (QED) is 0.789. The Labute approximate surface area is 162 Å². The number of thioether (sulfide) groups is 1. The molecule has 0 aliphatic carbocycles. The molecular weight excluding hydrogens is 362 g/mol. The maximum absolute atomic E-state index is 12.6. The van der Waals surface area contributed by atoms with Crippen molar-refractivity contribution in [1.29, 1.82) is 0 Å². The lowest BCUT2D eigenvalue weighted by atomic mass is 10.2. The van der Waals surface area contributed by atoms with E-state index in [1.807, 2.05) is 24.3 Å². The van der Waals surface area contributed by atoms with Gasteiger partial charge in [0.15, 0.2) is 5.82 Å². The SMILES string of the molecule is CN(C(=O)CSc1nc2ccccc2nc1N1CCCC1)C1CCNC1=O. The summed E-state index contributed by atoms with van der Waals surface area (Å²) in [6.45, 7) is 2.57. The number of likely N-dealkylation sites (N-methyl/N-ethyl adjacent to an activating group) is 1. The fraction of sp³-hybridized carbons (Fsp3) is 0.474. The number of anilines is 1. The number of nitrogens with one attached hydrogen (secondary N) is 1. The van der Waals surface area contributed by atoms with Crippen LogP contribution in [0.2, 0.25) is 0 Å². The first-order valence-corrected chi connectivity index (χ1v) is 10.3. The van der Waals surface area contributed by atoms with Crippen LogP contribution in [-0.2, 0) is 9.59 Å². The number of hydrogen-bond acceptors (Lipinski definition) is 6. The first-order chi connectivity index (χ1) is 13.1. The number of carbonyl (C=O) groups is 2. The molecule has 1 aromatic heterocycles. The smallest absolute Gasteiger partial charge is 0.242 e. The minimum Gasteiger partial charge on any atom is -0.354 e. The number of rotatable bonds is 5. The van der Waals surface area contributed by atoms with E-state index in [2.05, 4.69) is 10.2 Å². The van der Waals surface area contributed by atoms with Crippen molar-refractivity contribution in [3.8, 4) is 0 Å². The van der Waals surface area contributed by atoms with Crippen molar-refractivity contribution in [3.63, 3.8) is 0 Å². The highest BCUT2D eigenvalue weighted by Gasteiger charge is 2.31. The summed E-state index contributed by atoms with van der Waals surface area (Å²) in [5.41, 5.74) is 1.70. The summed E-state index contributed by atoms with van der Waals surface area (Å²) in [5, 5.41) is 3.56. The number of hydrogen-bond donors (Lipinski definition) is 1. The first kappa shape index (κ1) is 18.0. The van der Waals surface area contributed by atoms with E-state index in [4.69, 9.17) is 9.97 Å². The average molecular weight is 385 g/mol. The van der Waals surface area contributed by atoms with E-state index >= 15 is 0 Å². The van der Waals surface area contributed by atoms with Crippen LogP contribution in [0, 0.1) is 0 Å². The Morgan fingerprint density at radius 3 is 2.63 bits per heavy atom. The molecule has 2 aromatic rings. The summed E-state index contributed by atoms with van der Waals surface area (Å²) >= 11 is 1.41. The average Bonchev–Trinajstić information content (AvgIpc) is 3.36. The van der Waals surface area contributed by atoms with E-state index in [1.54, 1.807) is 11.9 Å². The number of amides is 2. The molecule has 1 unspecified atom stereocenters. The molecule has 2 aliphatic rings. The van der Waals surface area contributed by atoms with E-state index in [-0.39, 0.29) is 23.6 Å². The van der Waals surface area contributed by atoms with Crippen LogP contribution in [-0.4, -0.2) is 65.2 Å². The highest BCUT2D eigenvalue weighted by molar-refractivity contribution is 8.00. The van der Waals surface area contributed by atoms with Crippen LogP contribution in [0.25, 0.3) is 11.0 Å². The van der Waals surface area contributed by atoms with Gasteiger partial charge in [0.25, 0.3) is 0 Å². The molecule has 0 spiro atoms. The lowest BCUT2D eigenvalue weighted by molar-refractivity contribution is -0.135. The number of aromatic nitrogens is 2. The van der Waals surface area contributed by atoms with Gasteiger partial charge >= 0.3 is 0 Å². The van der Waals surface area contributed by atoms with Crippen molar-refractivity contribution < 1.29 is 9.59 Å². The maximum atomic E-state index is 12.6. The number of para-hydroxylation sites is 2. The topological polar surface area (TPSA) is 78.4 Å². The lowest BCUT2D eigenvalue weighted by Gasteiger charge is -2.23. The van der Waals surface area contributed by atoms with Gasteiger partial charge in [-0.2, -0.15) is 0 Å². The summed E-state index contributed by atoms with van der Waals surface area (Å²) in [5.74, 6) is 0.975. The van der Waals surface area contributed by atoms with Crippen LogP contribution in [0.3, 0.4) is 0 Å². The summed E-state index contributed by atoms with van der Waals surface area (Å²) in [6, 6.07) is 7.45. The van der Waals surface area contributed by atoms with Crippen LogP contribution in [0.1, 0.15) is 19.3 Å². The molecule has 0 saturated carbocycles. The van der Waals surface area contributed by atoms with Gasteiger partial charge in [0, 0.05) is 26.7 Å². The first-order valence-electron chi connectivity index (χ1n) is 9.31. The number of nitrogens with zero attached hydrogens (tertiary/aromatic N) is 4. The number of benzene rings is 1. The van der Waals surface area contributed by atoms with Crippen molar-refractivity contribution in [2.75, 3.05) is 37.3 Å². The standard InChI is InChI=1S/C19H23N5O2S/c1-23(15-8-9-20-18(15)26)16(25)12-27-19-17(24-10-4-5-11-24)21-13-6-2-3-7-14(13)22-19/h2-3,6-7,15H,4-5,8-12H2,1H3,(H,20,26). The summed E-state index contributed by atoms with van der Waals surface area (Å²) in [7, 11) is 1.70. The van der Waals surface area contributed by atoms with Gasteiger partial charge in [-0.3, -0.25) is 9.59 Å². The van der Waals surface area contributed by atoms with Crippen LogP contribution < -0.4 is 10.2 Å². The van der Waals surface area contributed by atoms with Crippen molar-refractivity contribution in [2.45, 2.75) is 30.3 Å². The van der Waals surface area contributed by atoms with Gasteiger partial charge in [0.2, 0.25) is 11.8 Å². The van der Waals surface area contributed by atoms with E-state index in [9.17, 15) is 9.59 Å². The van der Waals surface area contributed by atoms with Gasteiger partial charge in [-0.25, -0.2) is 9.97 Å². The van der Waals surface area contributed by atoms with Crippen LogP contribution in [0.5, 0.6) is 0 Å². The monoisotopic (exact) mass is 385 g/mol. The second kappa shape index (κ2) is 7.72. The Bertz CT molecular complexity index is 868. The van der Waals surface area contributed by atoms with E-state index < -0.39 is 0 Å². The van der Waals surface area contributed by atoms with Crippen molar-refractivity contribution in [2.24, 2.45) is 0 Å². The normalized spacial score (nSPS) is 19.5. The van der Waals surface area contributed by atoms with E-state index in [1.165, 1.54) is 11.8 Å². The fourth-order valence-electron chi connectivity index (χ4n) is 3.56. The maximum Gasteiger partial charge on any atom is 0.242 e. The van der Waals surface area contributed by atoms with Gasteiger partial charge in [-0.1, -0.05) is 23.9 Å². The molecule has 1 atom stereocenters. The van der Waals surface area contributed by atoms with Gasteiger partial charge < -0.3 is 15.1 Å². The molecule has 1 N–H and O–H groups in total. The molecule has 4 rings (SSSR count). The number of carbonyl (C=O) groups excluding carboxylic acids is 2. The zero-order valence-electron chi connectivity index (χ0n) is 15.4. The Morgan fingerprint density at radius 1 is 1.26 bits per heavy atom. The Balaban J connectivity index is 1.54. The molecular formula is C19H23N5O2S. The molecule has 2 fully saturated rings. The van der Waals surface area contributed by atoms with Crippen LogP contribution in [0.4, 0.5) is 5.82 Å². The molecule has 2 aliphatic heterocycles. The molecule has 3 heterocycles. The molecule has 0 bridgehead atoms. The fourth-order valence-corrected chi connectivity index (χ4v) is 4.49. The minimum absolute atomic E-state index is 0.0654. The molecule has 142 valence electrons. The Morgan fingerprint density at radius 2 is 1.96 bits per heavy atom. The third-order valence-electron chi connectivity index (χ3n) is 5.14. The molecule has 2 saturated heterocycles. The predicted molar refractivity (Wildman–Crippen MR) is 106 cm³/mol. The zero-order chi connectivity index (χ0) is 18.8. The van der Waals surface area contributed by atoms with Gasteiger partial charge in [0.05, 0.1) is 16.8 Å². The summed E-state index contributed by atoms with van der Waals surface area (Å²) in [6.07, 6.45) is 2.97. The van der Waals surface area contributed by atoms with Gasteiger partial charge in [-0.15, -0.1) is 0 Å². The highest BCUT2D eigenvalue weighted by atomic mass is 32.2. The Hall–Kier alpha value is -2.35. The molecule has 27 heavy (non-hydrogen) atoms. The largest absolute Gasteiger partial charge is 0.354 e. The molecule has 2 amide bonds. The third kappa shape index (κ3) is 3.71. The third-order valence-corrected chi connectivity index (χ3v) is 6.08. The molecule has 1 aromatic carbocycles. The Kier molecular flexibility index (Phi) is 5.15. The van der Waals surface area contributed by atoms with Gasteiger partial charge in [-0.05, 0) is 31.4 Å². The predicted octanol–water partition coefficient (Wildman–Crippen LogP) is 1.67. The zero-order valence-corrected chi connectivity index (χ0v) is 16.2. The van der Waals surface area contributed by atoms with E-state index in [0.29, 0.717) is 13.0 Å². The van der Waals surface area contributed by atoms with Crippen LogP contribution >= 0.6 is 11.8 Å². The number of fused-ring (bicyclic) bond motifs is 1. The minimum atomic E-state index is -0.362. The second-order valence-electron chi connectivity index (χ2n) is 6.92. The van der Waals surface area contributed by atoms with Crippen molar-refractivity contribution in [3.05, 3.63) is 24.3 Å². The second-order valence-corrected chi connectivity index (χ2v) is 7.89. The molecule has 0 radical (unpaired) electrons. The summed E-state index contributed by atoms with van der Waals surface area (Å²) in [4.78, 5) is 37.8. The molecule has 8 heteroatoms. The van der Waals surface area contributed by atoms with E-state index in [0.717, 1.165) is 47.8 Å².